The minimum atomic E-state index is -0.453. The Bertz CT molecular complexity index is 630. The lowest BCUT2D eigenvalue weighted by molar-refractivity contribution is -0.121. The monoisotopic (exact) mass is 306 g/mol. The smallest absolute Gasteiger partial charge is 0.269 e. The van der Waals surface area contributed by atoms with Gasteiger partial charge < -0.3 is 0 Å². The summed E-state index contributed by atoms with van der Waals surface area (Å²) in [6.45, 7) is 1.70. The van der Waals surface area contributed by atoms with Crippen LogP contribution in [0.25, 0.3) is 0 Å². The van der Waals surface area contributed by atoms with Gasteiger partial charge in [-0.15, -0.1) is 5.10 Å². The number of rotatable bonds is 4. The first-order chi connectivity index (χ1) is 10.1. The molecule has 0 bridgehead atoms. The van der Waals surface area contributed by atoms with Gasteiger partial charge in [0.1, 0.15) is 0 Å². The van der Waals surface area contributed by atoms with E-state index in [0.717, 1.165) is 0 Å². The molecule has 0 unspecified atom stereocenters. The fourth-order valence-corrected chi connectivity index (χ4v) is 2.17. The molecule has 0 fully saturated rings. The summed E-state index contributed by atoms with van der Waals surface area (Å²) in [7, 11) is 1.68. The quantitative estimate of drug-likeness (QED) is 0.616. The van der Waals surface area contributed by atoms with Crippen LogP contribution in [-0.4, -0.2) is 37.3 Å². The van der Waals surface area contributed by atoms with Crippen LogP contribution in [0, 0.1) is 0 Å². The number of tetrazole rings is 1. The highest BCUT2D eigenvalue weighted by atomic mass is 32.2. The van der Waals surface area contributed by atoms with E-state index in [-0.39, 0.29) is 11.8 Å². The second-order valence-corrected chi connectivity index (χ2v) is 5.46. The van der Waals surface area contributed by atoms with Crippen molar-refractivity contribution in [2.45, 2.75) is 17.3 Å². The highest BCUT2D eigenvalue weighted by Gasteiger charge is 2.18. The molecule has 1 heterocycles. The van der Waals surface area contributed by atoms with E-state index in [1.54, 1.807) is 38.2 Å². The van der Waals surface area contributed by atoms with Crippen molar-refractivity contribution in [1.82, 2.24) is 31.1 Å². The molecule has 1 atom stereocenters. The van der Waals surface area contributed by atoms with Gasteiger partial charge in [0.25, 0.3) is 11.8 Å². The van der Waals surface area contributed by atoms with Crippen molar-refractivity contribution in [1.29, 1.82) is 0 Å². The molecule has 21 heavy (non-hydrogen) atoms. The molecule has 0 aliphatic heterocycles. The third-order valence-electron chi connectivity index (χ3n) is 2.57. The molecular formula is C12H14N6O2S. The van der Waals surface area contributed by atoms with Crippen molar-refractivity contribution in [3.63, 3.8) is 0 Å². The van der Waals surface area contributed by atoms with Gasteiger partial charge in [-0.3, -0.25) is 20.4 Å². The zero-order valence-corrected chi connectivity index (χ0v) is 12.3. The zero-order valence-electron chi connectivity index (χ0n) is 11.5. The Morgan fingerprint density at radius 1 is 1.24 bits per heavy atom. The molecule has 0 aliphatic rings. The van der Waals surface area contributed by atoms with E-state index >= 15 is 0 Å². The molecule has 8 nitrogen and oxygen atoms in total. The summed E-state index contributed by atoms with van der Waals surface area (Å²) in [5.74, 6) is -0.714. The Hall–Kier alpha value is -2.42. The summed E-state index contributed by atoms with van der Waals surface area (Å²) in [6, 6.07) is 8.62. The van der Waals surface area contributed by atoms with Gasteiger partial charge in [0.2, 0.25) is 5.16 Å². The van der Waals surface area contributed by atoms with Crippen molar-refractivity contribution in [2.24, 2.45) is 7.05 Å². The van der Waals surface area contributed by atoms with E-state index in [1.807, 2.05) is 6.07 Å². The third-order valence-corrected chi connectivity index (χ3v) is 3.69. The second-order valence-electron chi connectivity index (χ2n) is 4.15. The predicted octanol–water partition coefficient (Wildman–Crippen LogP) is 0.152. The molecule has 0 saturated heterocycles. The van der Waals surface area contributed by atoms with Gasteiger partial charge in [0.15, 0.2) is 0 Å². The number of nitrogens with zero attached hydrogens (tertiary/aromatic N) is 4. The van der Waals surface area contributed by atoms with Crippen molar-refractivity contribution < 1.29 is 9.59 Å². The summed E-state index contributed by atoms with van der Waals surface area (Å²) in [6.07, 6.45) is 0. The van der Waals surface area contributed by atoms with Crippen LogP contribution in [-0.2, 0) is 11.8 Å². The first-order valence-corrected chi connectivity index (χ1v) is 7.00. The van der Waals surface area contributed by atoms with E-state index < -0.39 is 5.25 Å². The largest absolute Gasteiger partial charge is 0.272 e. The van der Waals surface area contributed by atoms with Gasteiger partial charge in [-0.05, 0) is 29.5 Å². The summed E-state index contributed by atoms with van der Waals surface area (Å²) < 4.78 is 1.47. The molecular weight excluding hydrogens is 292 g/mol. The molecule has 0 radical (unpaired) electrons. The lowest BCUT2D eigenvalue weighted by Crippen LogP contribution is -2.44. The van der Waals surface area contributed by atoms with E-state index in [1.165, 1.54) is 16.4 Å². The first-order valence-electron chi connectivity index (χ1n) is 6.12. The number of aromatic nitrogens is 4. The zero-order chi connectivity index (χ0) is 15.2. The van der Waals surface area contributed by atoms with Gasteiger partial charge in [-0.25, -0.2) is 4.68 Å². The maximum atomic E-state index is 11.9. The molecule has 110 valence electrons. The molecule has 1 aromatic carbocycles. The minimum Gasteiger partial charge on any atom is -0.272 e. The van der Waals surface area contributed by atoms with Gasteiger partial charge in [0, 0.05) is 12.6 Å². The Morgan fingerprint density at radius 2 is 1.95 bits per heavy atom. The maximum Gasteiger partial charge on any atom is 0.269 e. The molecule has 0 aliphatic carbocycles. The normalized spacial score (nSPS) is 11.7. The Kier molecular flexibility index (Phi) is 4.88. The fourth-order valence-electron chi connectivity index (χ4n) is 1.41. The fraction of sp³-hybridized carbons (Fsp3) is 0.250. The van der Waals surface area contributed by atoms with Crippen molar-refractivity contribution >= 4 is 23.6 Å². The van der Waals surface area contributed by atoms with Crippen LogP contribution in [0.15, 0.2) is 35.5 Å². The average molecular weight is 306 g/mol. The average Bonchev–Trinajstić information content (AvgIpc) is 2.90. The van der Waals surface area contributed by atoms with Crippen LogP contribution in [0.5, 0.6) is 0 Å². The van der Waals surface area contributed by atoms with Crippen LogP contribution in [0.1, 0.15) is 17.3 Å². The van der Waals surface area contributed by atoms with Gasteiger partial charge in [0.05, 0.1) is 5.25 Å². The third kappa shape index (κ3) is 4.02. The SMILES string of the molecule is C[C@H](Sc1nnnn1C)C(=O)NNC(=O)c1ccccc1. The van der Waals surface area contributed by atoms with E-state index in [9.17, 15) is 9.59 Å². The summed E-state index contributed by atoms with van der Waals surface area (Å²) >= 11 is 1.20. The molecule has 2 aromatic rings. The highest BCUT2D eigenvalue weighted by molar-refractivity contribution is 8.00. The maximum absolute atomic E-state index is 11.9. The van der Waals surface area contributed by atoms with Crippen molar-refractivity contribution in [3.05, 3.63) is 35.9 Å². The summed E-state index contributed by atoms with van der Waals surface area (Å²) in [5.41, 5.74) is 5.21. The second kappa shape index (κ2) is 6.84. The standard InChI is InChI=1S/C12H14N6O2S/c1-8(21-12-15-16-17-18(12)2)10(19)13-14-11(20)9-6-4-3-5-7-9/h3-8H,1-2H3,(H,13,19)(H,14,20)/t8-/m0/s1. The number of hydrogen-bond acceptors (Lipinski definition) is 6. The van der Waals surface area contributed by atoms with E-state index in [4.69, 9.17) is 0 Å². The van der Waals surface area contributed by atoms with Crippen molar-refractivity contribution in [3.8, 4) is 0 Å². The molecule has 1 aromatic heterocycles. The van der Waals surface area contributed by atoms with E-state index in [2.05, 4.69) is 26.4 Å². The van der Waals surface area contributed by atoms with Gasteiger partial charge >= 0.3 is 0 Å². The van der Waals surface area contributed by atoms with Crippen LogP contribution in [0.4, 0.5) is 0 Å². The number of amides is 2. The molecule has 9 heteroatoms. The number of benzene rings is 1. The number of thioether (sulfide) groups is 1. The number of hydrazine groups is 1. The summed E-state index contributed by atoms with van der Waals surface area (Å²) in [4.78, 5) is 23.7. The Balaban J connectivity index is 1.84. The van der Waals surface area contributed by atoms with Crippen LogP contribution in [0.3, 0.4) is 0 Å². The van der Waals surface area contributed by atoms with Crippen LogP contribution in [0.2, 0.25) is 0 Å². The van der Waals surface area contributed by atoms with E-state index in [0.29, 0.717) is 10.7 Å². The Morgan fingerprint density at radius 3 is 2.57 bits per heavy atom. The van der Waals surface area contributed by atoms with Crippen molar-refractivity contribution in [2.75, 3.05) is 0 Å². The lowest BCUT2D eigenvalue weighted by atomic mass is 10.2. The summed E-state index contributed by atoms with van der Waals surface area (Å²) in [5, 5.41) is 11.0. The number of hydrogen-bond donors (Lipinski definition) is 2. The topological polar surface area (TPSA) is 102 Å². The number of nitrogens with one attached hydrogen (secondary N) is 2. The highest BCUT2D eigenvalue weighted by Crippen LogP contribution is 2.18. The van der Waals surface area contributed by atoms with Crippen LogP contribution < -0.4 is 10.9 Å². The molecule has 2 amide bonds. The lowest BCUT2D eigenvalue weighted by Gasteiger charge is -2.11. The Labute approximate surface area is 125 Å². The first kappa shape index (κ1) is 15.0. The van der Waals surface area contributed by atoms with Gasteiger partial charge in [-0.1, -0.05) is 30.0 Å². The molecule has 2 rings (SSSR count). The van der Waals surface area contributed by atoms with Gasteiger partial charge in [-0.2, -0.15) is 0 Å². The molecule has 0 saturated carbocycles. The van der Waals surface area contributed by atoms with Crippen LogP contribution >= 0.6 is 11.8 Å². The molecule has 0 spiro atoms. The number of carbonyl (C=O) groups excluding carboxylic acids is 2. The predicted molar refractivity (Wildman–Crippen MR) is 76.2 cm³/mol. The number of carbonyl (C=O) groups is 2. The molecule has 2 N–H and O–H groups in total. The minimum absolute atomic E-state index is 0.340. The number of aryl methyl sites for hydroxylation is 1.